The largest absolute Gasteiger partial charge is 0.389 e. The summed E-state index contributed by atoms with van der Waals surface area (Å²) in [5.74, 6) is 0.414. The third-order valence-corrected chi connectivity index (χ3v) is 4.11. The summed E-state index contributed by atoms with van der Waals surface area (Å²) in [7, 11) is 0. The van der Waals surface area contributed by atoms with Crippen molar-refractivity contribution in [3.05, 3.63) is 29.0 Å². The van der Waals surface area contributed by atoms with Gasteiger partial charge >= 0.3 is 0 Å². The fraction of sp³-hybridized carbons (Fsp3) is 0.615. The third-order valence-electron chi connectivity index (χ3n) is 3.77. The lowest BCUT2D eigenvalue weighted by molar-refractivity contribution is 0.00147. The van der Waals surface area contributed by atoms with Crippen LogP contribution in [0.3, 0.4) is 0 Å². The van der Waals surface area contributed by atoms with E-state index in [0.29, 0.717) is 17.4 Å². The van der Waals surface area contributed by atoms with Gasteiger partial charge in [0.25, 0.3) is 0 Å². The molecule has 1 heterocycles. The summed E-state index contributed by atoms with van der Waals surface area (Å²) in [5.41, 5.74) is 0.458. The van der Waals surface area contributed by atoms with Crippen molar-refractivity contribution >= 4 is 11.6 Å². The van der Waals surface area contributed by atoms with E-state index in [9.17, 15) is 5.11 Å². The first-order chi connectivity index (χ1) is 7.65. The van der Waals surface area contributed by atoms with Crippen LogP contribution in [-0.2, 0) is 6.42 Å². The maximum Gasteiger partial charge on any atom is 0.0716 e. The van der Waals surface area contributed by atoms with Gasteiger partial charge < -0.3 is 5.11 Å². The van der Waals surface area contributed by atoms with Gasteiger partial charge in [-0.25, -0.2) is 0 Å². The predicted octanol–water partition coefficient (Wildman–Crippen LogP) is 3.22. The first kappa shape index (κ1) is 11.9. The second-order valence-electron chi connectivity index (χ2n) is 4.74. The first-order valence-electron chi connectivity index (χ1n) is 5.96. The van der Waals surface area contributed by atoms with Crippen LogP contribution in [0.15, 0.2) is 18.5 Å². The lowest BCUT2D eigenvalue weighted by atomic mass is 9.83. The van der Waals surface area contributed by atoms with Gasteiger partial charge in [0.1, 0.15) is 0 Å². The standard InChI is InChI=1S/C13H18ClNO/c1-2-11-4-3-6-13(11,16)8-10-5-7-15-9-12(10)14/h5,7,9,11,16H,2-4,6,8H2,1H3. The van der Waals surface area contributed by atoms with Crippen molar-refractivity contribution in [1.29, 1.82) is 0 Å². The minimum Gasteiger partial charge on any atom is -0.389 e. The van der Waals surface area contributed by atoms with Crippen LogP contribution in [0.2, 0.25) is 5.02 Å². The molecule has 0 aromatic carbocycles. The van der Waals surface area contributed by atoms with Crippen LogP contribution in [0.5, 0.6) is 0 Å². The summed E-state index contributed by atoms with van der Waals surface area (Å²) in [6.07, 6.45) is 8.24. The molecule has 0 aliphatic heterocycles. The van der Waals surface area contributed by atoms with Crippen LogP contribution < -0.4 is 0 Å². The highest BCUT2D eigenvalue weighted by Gasteiger charge is 2.40. The molecular formula is C13H18ClNO. The van der Waals surface area contributed by atoms with Gasteiger partial charge in [-0.05, 0) is 30.4 Å². The Morgan fingerprint density at radius 3 is 3.12 bits per heavy atom. The molecule has 3 heteroatoms. The quantitative estimate of drug-likeness (QED) is 0.879. The maximum absolute atomic E-state index is 10.6. The minimum absolute atomic E-state index is 0.414. The highest BCUT2D eigenvalue weighted by atomic mass is 35.5. The van der Waals surface area contributed by atoms with Gasteiger partial charge in [0.2, 0.25) is 0 Å². The van der Waals surface area contributed by atoms with Crippen molar-refractivity contribution < 1.29 is 5.11 Å². The molecule has 0 bridgehead atoms. The molecule has 2 nitrogen and oxygen atoms in total. The second-order valence-corrected chi connectivity index (χ2v) is 5.15. The molecule has 16 heavy (non-hydrogen) atoms. The zero-order valence-electron chi connectivity index (χ0n) is 9.62. The Morgan fingerprint density at radius 2 is 2.44 bits per heavy atom. The molecule has 1 aromatic heterocycles. The summed E-state index contributed by atoms with van der Waals surface area (Å²) in [4.78, 5) is 3.97. The van der Waals surface area contributed by atoms with Gasteiger partial charge in [-0.3, -0.25) is 4.98 Å². The summed E-state index contributed by atoms with van der Waals surface area (Å²) in [6.45, 7) is 2.15. The van der Waals surface area contributed by atoms with Gasteiger partial charge in [-0.2, -0.15) is 0 Å². The molecule has 1 aliphatic rings. The fourth-order valence-electron chi connectivity index (χ4n) is 2.82. The summed E-state index contributed by atoms with van der Waals surface area (Å²) < 4.78 is 0. The van der Waals surface area contributed by atoms with E-state index < -0.39 is 5.60 Å². The van der Waals surface area contributed by atoms with E-state index in [1.165, 1.54) is 0 Å². The first-order valence-corrected chi connectivity index (χ1v) is 6.34. The highest BCUT2D eigenvalue weighted by molar-refractivity contribution is 6.31. The average Bonchev–Trinajstić information content (AvgIpc) is 2.63. The minimum atomic E-state index is -0.556. The van der Waals surface area contributed by atoms with Gasteiger partial charge in [0.15, 0.2) is 0 Å². The van der Waals surface area contributed by atoms with Gasteiger partial charge in [-0.1, -0.05) is 31.4 Å². The van der Waals surface area contributed by atoms with E-state index in [0.717, 1.165) is 31.2 Å². The monoisotopic (exact) mass is 239 g/mol. The van der Waals surface area contributed by atoms with Gasteiger partial charge in [0, 0.05) is 18.8 Å². The molecule has 0 saturated heterocycles. The number of nitrogens with zero attached hydrogens (tertiary/aromatic N) is 1. The van der Waals surface area contributed by atoms with Crippen LogP contribution in [0.4, 0.5) is 0 Å². The van der Waals surface area contributed by atoms with Crippen LogP contribution in [0.1, 0.15) is 38.2 Å². The smallest absolute Gasteiger partial charge is 0.0716 e. The second kappa shape index (κ2) is 4.72. The number of hydrogen-bond acceptors (Lipinski definition) is 2. The maximum atomic E-state index is 10.6. The van der Waals surface area contributed by atoms with Crippen LogP contribution >= 0.6 is 11.6 Å². The van der Waals surface area contributed by atoms with Crippen LogP contribution in [0.25, 0.3) is 0 Å². The van der Waals surface area contributed by atoms with Crippen molar-refractivity contribution in [2.45, 2.75) is 44.6 Å². The van der Waals surface area contributed by atoms with Crippen molar-refractivity contribution in [1.82, 2.24) is 4.98 Å². The molecule has 1 aliphatic carbocycles. The van der Waals surface area contributed by atoms with E-state index in [2.05, 4.69) is 11.9 Å². The number of aliphatic hydroxyl groups is 1. The zero-order chi connectivity index (χ0) is 11.6. The normalized spacial score (nSPS) is 29.6. The van der Waals surface area contributed by atoms with Crippen LogP contribution in [-0.4, -0.2) is 15.7 Å². The Hall–Kier alpha value is -0.600. The molecule has 0 amide bonds. The Kier molecular flexibility index (Phi) is 3.50. The number of pyridine rings is 1. The molecule has 2 unspecified atom stereocenters. The topological polar surface area (TPSA) is 33.1 Å². The molecule has 1 aromatic rings. The molecule has 0 radical (unpaired) electrons. The van der Waals surface area contributed by atoms with Gasteiger partial charge in [0.05, 0.1) is 10.6 Å². The summed E-state index contributed by atoms with van der Waals surface area (Å²) in [5, 5.41) is 11.3. The molecule has 2 atom stereocenters. The molecule has 1 saturated carbocycles. The molecule has 0 spiro atoms. The van der Waals surface area contributed by atoms with Crippen LogP contribution in [0, 0.1) is 5.92 Å². The Bertz CT molecular complexity index is 369. The van der Waals surface area contributed by atoms with Crippen molar-refractivity contribution in [3.8, 4) is 0 Å². The molecular weight excluding hydrogens is 222 g/mol. The Morgan fingerprint density at radius 1 is 1.62 bits per heavy atom. The summed E-state index contributed by atoms with van der Waals surface area (Å²) in [6, 6.07) is 1.91. The van der Waals surface area contributed by atoms with E-state index >= 15 is 0 Å². The zero-order valence-corrected chi connectivity index (χ0v) is 10.4. The SMILES string of the molecule is CCC1CCCC1(O)Cc1ccncc1Cl. The summed E-state index contributed by atoms with van der Waals surface area (Å²) >= 11 is 6.08. The number of rotatable bonds is 3. The van der Waals surface area contributed by atoms with Crippen molar-refractivity contribution in [2.24, 2.45) is 5.92 Å². The van der Waals surface area contributed by atoms with E-state index in [1.807, 2.05) is 6.07 Å². The number of aromatic nitrogens is 1. The number of hydrogen-bond donors (Lipinski definition) is 1. The third kappa shape index (κ3) is 2.23. The predicted molar refractivity (Wildman–Crippen MR) is 65.5 cm³/mol. The molecule has 2 rings (SSSR count). The lowest BCUT2D eigenvalue weighted by Gasteiger charge is -2.29. The highest BCUT2D eigenvalue weighted by Crippen LogP contribution is 2.40. The van der Waals surface area contributed by atoms with E-state index in [4.69, 9.17) is 11.6 Å². The molecule has 1 fully saturated rings. The lowest BCUT2D eigenvalue weighted by Crippen LogP contribution is -2.35. The van der Waals surface area contributed by atoms with Crippen molar-refractivity contribution in [3.63, 3.8) is 0 Å². The molecule has 88 valence electrons. The fourth-order valence-corrected chi connectivity index (χ4v) is 3.01. The Balaban J connectivity index is 2.17. The molecule has 1 N–H and O–H groups in total. The van der Waals surface area contributed by atoms with E-state index in [1.54, 1.807) is 12.4 Å². The average molecular weight is 240 g/mol. The van der Waals surface area contributed by atoms with Crippen molar-refractivity contribution in [2.75, 3.05) is 0 Å². The Labute approximate surface area is 102 Å². The van der Waals surface area contributed by atoms with Gasteiger partial charge in [-0.15, -0.1) is 0 Å². The van der Waals surface area contributed by atoms with E-state index in [-0.39, 0.29) is 0 Å². The number of halogens is 1.